The molecule has 4 heteroatoms. The zero-order chi connectivity index (χ0) is 8.65. The number of aryl methyl sites for hydroxylation is 1. The summed E-state index contributed by atoms with van der Waals surface area (Å²) in [7, 11) is 0. The Balaban J connectivity index is 3.27. The van der Waals surface area contributed by atoms with Gasteiger partial charge in [-0.15, -0.1) is 0 Å². The normalized spacial score (nSPS) is 12.0. The number of aromatic amines is 1. The molecule has 0 aliphatic heterocycles. The quantitative estimate of drug-likeness (QED) is 0.597. The fourth-order valence-corrected chi connectivity index (χ4v) is 0.835. The Labute approximate surface area is 65.2 Å². The third-order valence-corrected chi connectivity index (χ3v) is 1.50. The van der Waals surface area contributed by atoms with Crippen molar-refractivity contribution < 1.29 is 0 Å². The Morgan fingerprint density at radius 2 is 2.00 bits per heavy atom. The van der Waals surface area contributed by atoms with Crippen LogP contribution >= 0.6 is 0 Å². The summed E-state index contributed by atoms with van der Waals surface area (Å²) >= 11 is 0. The second-order valence-corrected chi connectivity index (χ2v) is 3.61. The molecule has 4 nitrogen and oxygen atoms in total. The monoisotopic (exact) mass is 155 g/mol. The molecule has 0 fully saturated rings. The second kappa shape index (κ2) is 2.22. The van der Waals surface area contributed by atoms with E-state index in [1.54, 1.807) is 6.92 Å². The zero-order valence-corrected chi connectivity index (χ0v) is 7.30. The minimum absolute atomic E-state index is 0.0440. The van der Waals surface area contributed by atoms with Crippen LogP contribution in [0, 0.1) is 6.92 Å². The lowest BCUT2D eigenvalue weighted by Crippen LogP contribution is -2.32. The fraction of sp³-hybridized carbons (Fsp3) is 0.714. The van der Waals surface area contributed by atoms with Gasteiger partial charge in [0.05, 0.1) is 5.54 Å². The molecule has 1 N–H and O–H groups in total. The van der Waals surface area contributed by atoms with E-state index >= 15 is 0 Å². The van der Waals surface area contributed by atoms with Gasteiger partial charge in [-0.3, -0.25) is 4.79 Å². The number of rotatable bonds is 0. The third kappa shape index (κ3) is 1.34. The molecule has 1 heterocycles. The highest BCUT2D eigenvalue weighted by atomic mass is 16.1. The van der Waals surface area contributed by atoms with E-state index in [-0.39, 0.29) is 11.1 Å². The molecule has 0 aliphatic rings. The summed E-state index contributed by atoms with van der Waals surface area (Å²) in [5.74, 6) is 0. The van der Waals surface area contributed by atoms with Gasteiger partial charge in [-0.1, -0.05) is 0 Å². The van der Waals surface area contributed by atoms with Crippen molar-refractivity contribution in [2.75, 3.05) is 0 Å². The predicted molar refractivity (Wildman–Crippen MR) is 42.6 cm³/mol. The van der Waals surface area contributed by atoms with Crippen molar-refractivity contribution in [3.8, 4) is 0 Å². The van der Waals surface area contributed by atoms with Gasteiger partial charge < -0.3 is 0 Å². The average molecular weight is 155 g/mol. The summed E-state index contributed by atoms with van der Waals surface area (Å²) in [6.45, 7) is 7.55. The van der Waals surface area contributed by atoms with E-state index in [0.717, 1.165) is 0 Å². The van der Waals surface area contributed by atoms with Crippen LogP contribution in [0.5, 0.6) is 0 Å². The molecule has 62 valence electrons. The molecule has 1 aromatic rings. The maximum atomic E-state index is 11.3. The van der Waals surface area contributed by atoms with E-state index in [2.05, 4.69) is 10.3 Å². The van der Waals surface area contributed by atoms with Crippen molar-refractivity contribution in [1.29, 1.82) is 0 Å². The molecule has 0 atom stereocenters. The first-order chi connectivity index (χ1) is 4.93. The van der Waals surface area contributed by atoms with Crippen LogP contribution in [-0.4, -0.2) is 15.0 Å². The highest BCUT2D eigenvalue weighted by Gasteiger charge is 2.16. The van der Waals surface area contributed by atoms with Crippen LogP contribution in [0.15, 0.2) is 4.79 Å². The average Bonchev–Trinajstić information content (AvgIpc) is 2.11. The van der Waals surface area contributed by atoms with Crippen molar-refractivity contribution >= 4 is 0 Å². The maximum absolute atomic E-state index is 11.3. The summed E-state index contributed by atoms with van der Waals surface area (Å²) in [4.78, 5) is 11.3. The van der Waals surface area contributed by atoms with Crippen LogP contribution in [0.3, 0.4) is 0 Å². The lowest BCUT2D eigenvalue weighted by atomic mass is 10.1. The summed E-state index contributed by atoms with van der Waals surface area (Å²) in [6, 6.07) is 0. The Kier molecular flexibility index (Phi) is 1.62. The van der Waals surface area contributed by atoms with Crippen LogP contribution in [-0.2, 0) is 5.54 Å². The molecule has 1 aromatic heterocycles. The summed E-state index contributed by atoms with van der Waals surface area (Å²) < 4.78 is 1.52. The standard InChI is InChI=1S/C7H13N3O/c1-5-6(11)10(9-8-5)7(2,3)4/h9H,1-4H3. The summed E-state index contributed by atoms with van der Waals surface area (Å²) in [6.07, 6.45) is 0. The summed E-state index contributed by atoms with van der Waals surface area (Å²) in [5.41, 5.74) is 0.260. The van der Waals surface area contributed by atoms with Gasteiger partial charge in [-0.2, -0.15) is 5.10 Å². The summed E-state index contributed by atoms with van der Waals surface area (Å²) in [5, 5.41) is 6.48. The van der Waals surface area contributed by atoms with E-state index in [1.807, 2.05) is 20.8 Å². The molecule has 0 unspecified atom stereocenters. The zero-order valence-electron chi connectivity index (χ0n) is 7.30. The largest absolute Gasteiger partial charge is 0.289 e. The molecule has 0 saturated heterocycles. The number of H-pyrrole nitrogens is 1. The second-order valence-electron chi connectivity index (χ2n) is 3.61. The van der Waals surface area contributed by atoms with Crippen molar-refractivity contribution in [2.24, 2.45) is 0 Å². The van der Waals surface area contributed by atoms with Crippen molar-refractivity contribution in [1.82, 2.24) is 15.0 Å². The Morgan fingerprint density at radius 1 is 1.45 bits per heavy atom. The Hall–Kier alpha value is -1.06. The molecule has 0 radical (unpaired) electrons. The Bertz CT molecular complexity index is 302. The molecule has 11 heavy (non-hydrogen) atoms. The highest BCUT2D eigenvalue weighted by molar-refractivity contribution is 4.91. The molecule has 0 amide bonds. The van der Waals surface area contributed by atoms with E-state index in [4.69, 9.17) is 0 Å². The lowest BCUT2D eigenvalue weighted by molar-refractivity contribution is 0.337. The Morgan fingerprint density at radius 3 is 2.18 bits per heavy atom. The molecular formula is C7H13N3O. The topological polar surface area (TPSA) is 50.7 Å². The number of hydrogen-bond acceptors (Lipinski definition) is 2. The van der Waals surface area contributed by atoms with Gasteiger partial charge in [0.15, 0.2) is 0 Å². The SMILES string of the molecule is Cc1n[nH]n(C(C)(C)C)c1=O. The number of hydrogen-bond donors (Lipinski definition) is 1. The van der Waals surface area contributed by atoms with Crippen LogP contribution < -0.4 is 5.56 Å². The molecule has 0 bridgehead atoms. The van der Waals surface area contributed by atoms with E-state index < -0.39 is 0 Å². The van der Waals surface area contributed by atoms with Crippen molar-refractivity contribution in [3.63, 3.8) is 0 Å². The minimum atomic E-state index is -0.210. The smallest absolute Gasteiger partial charge is 0.266 e. The van der Waals surface area contributed by atoms with Crippen LogP contribution in [0.25, 0.3) is 0 Å². The lowest BCUT2D eigenvalue weighted by Gasteiger charge is -2.17. The maximum Gasteiger partial charge on any atom is 0.289 e. The number of nitrogens with one attached hydrogen (secondary N) is 1. The fourth-order valence-electron chi connectivity index (χ4n) is 0.835. The molecule has 0 spiro atoms. The van der Waals surface area contributed by atoms with Crippen LogP contribution in [0.1, 0.15) is 26.5 Å². The van der Waals surface area contributed by atoms with Gasteiger partial charge in [-0.25, -0.2) is 9.90 Å². The molecular weight excluding hydrogens is 142 g/mol. The molecule has 0 saturated carbocycles. The predicted octanol–water partition coefficient (Wildman–Crippen LogP) is 0.635. The van der Waals surface area contributed by atoms with Crippen molar-refractivity contribution in [3.05, 3.63) is 16.0 Å². The molecule has 1 rings (SSSR count). The highest BCUT2D eigenvalue weighted by Crippen LogP contribution is 2.07. The molecule has 0 aromatic carbocycles. The van der Waals surface area contributed by atoms with E-state index in [1.165, 1.54) is 4.68 Å². The first kappa shape index (κ1) is 8.04. The third-order valence-electron chi connectivity index (χ3n) is 1.50. The van der Waals surface area contributed by atoms with Gasteiger partial charge in [0.25, 0.3) is 5.56 Å². The van der Waals surface area contributed by atoms with Crippen LogP contribution in [0.2, 0.25) is 0 Å². The van der Waals surface area contributed by atoms with Gasteiger partial charge in [0.2, 0.25) is 0 Å². The van der Waals surface area contributed by atoms with Crippen LogP contribution in [0.4, 0.5) is 0 Å². The minimum Gasteiger partial charge on any atom is -0.266 e. The van der Waals surface area contributed by atoms with E-state index in [9.17, 15) is 4.79 Å². The van der Waals surface area contributed by atoms with Gasteiger partial charge in [-0.05, 0) is 27.7 Å². The first-order valence-electron chi connectivity index (χ1n) is 3.57. The number of aromatic nitrogens is 3. The van der Waals surface area contributed by atoms with Crippen molar-refractivity contribution in [2.45, 2.75) is 33.2 Å². The van der Waals surface area contributed by atoms with E-state index in [0.29, 0.717) is 5.69 Å². The van der Waals surface area contributed by atoms with Gasteiger partial charge in [0.1, 0.15) is 5.69 Å². The van der Waals surface area contributed by atoms with Gasteiger partial charge >= 0.3 is 0 Å². The molecule has 0 aliphatic carbocycles. The first-order valence-corrected chi connectivity index (χ1v) is 3.57. The number of nitrogens with zero attached hydrogens (tertiary/aromatic N) is 2. The van der Waals surface area contributed by atoms with Gasteiger partial charge in [0, 0.05) is 0 Å².